The highest BCUT2D eigenvalue weighted by Crippen LogP contribution is 2.04. The van der Waals surface area contributed by atoms with E-state index in [2.05, 4.69) is 5.32 Å². The third-order valence-electron chi connectivity index (χ3n) is 3.11. The minimum Gasteiger partial charge on any atom is -0.480 e. The Morgan fingerprint density at radius 3 is 2.23 bits per heavy atom. The Kier molecular flexibility index (Phi) is 7.21. The third-order valence-corrected chi connectivity index (χ3v) is 3.11. The molecule has 0 aliphatic rings. The zero-order valence-electron chi connectivity index (χ0n) is 11.9. The smallest absolute Gasteiger partial charge is 0.332 e. The number of aliphatic carboxylic acids is 2. The number of carboxylic acid groups (broad SMARTS) is 2. The van der Waals surface area contributed by atoms with Crippen molar-refractivity contribution in [3.8, 4) is 0 Å². The first-order valence-electron chi connectivity index (χ1n) is 6.83. The van der Waals surface area contributed by atoms with Crippen molar-refractivity contribution < 1.29 is 29.7 Å². The van der Waals surface area contributed by atoms with Crippen LogP contribution in [-0.4, -0.2) is 51.7 Å². The predicted molar refractivity (Wildman–Crippen MR) is 77.5 cm³/mol. The molecule has 0 bridgehead atoms. The molecule has 120 valence electrons. The zero-order chi connectivity index (χ0) is 16.5. The Labute approximate surface area is 127 Å². The summed E-state index contributed by atoms with van der Waals surface area (Å²) in [6.45, 7) is -0.184. The van der Waals surface area contributed by atoms with Crippen LogP contribution in [0.3, 0.4) is 0 Å². The van der Waals surface area contributed by atoms with Gasteiger partial charge in [-0.3, -0.25) is 14.9 Å². The van der Waals surface area contributed by atoms with Gasteiger partial charge in [-0.1, -0.05) is 30.3 Å². The lowest BCUT2D eigenvalue weighted by Gasteiger charge is -2.14. The van der Waals surface area contributed by atoms with Gasteiger partial charge in [0.05, 0.1) is 6.54 Å². The number of aliphatic hydroxyl groups is 1. The molecule has 0 saturated heterocycles. The highest BCUT2D eigenvalue weighted by atomic mass is 16.4. The van der Waals surface area contributed by atoms with Crippen LogP contribution < -0.4 is 5.32 Å². The van der Waals surface area contributed by atoms with Gasteiger partial charge in [0.1, 0.15) is 11.8 Å². The number of Topliss-reactive ketones (excluding diaryl/α,β-unsaturated/α-hetero) is 1. The van der Waals surface area contributed by atoms with E-state index < -0.39 is 24.1 Å². The van der Waals surface area contributed by atoms with E-state index in [0.717, 1.165) is 5.56 Å². The third kappa shape index (κ3) is 6.47. The summed E-state index contributed by atoms with van der Waals surface area (Å²) in [4.78, 5) is 33.2. The van der Waals surface area contributed by atoms with E-state index in [1.54, 1.807) is 24.3 Å². The minimum absolute atomic E-state index is 0.127. The van der Waals surface area contributed by atoms with Crippen molar-refractivity contribution in [3.63, 3.8) is 0 Å². The van der Waals surface area contributed by atoms with Crippen LogP contribution in [0.2, 0.25) is 0 Å². The fraction of sp³-hybridized carbons (Fsp3) is 0.400. The number of carbonyl (C=O) groups excluding carboxylic acids is 1. The molecule has 7 heteroatoms. The molecule has 1 rings (SSSR count). The quantitative estimate of drug-likeness (QED) is 0.482. The molecule has 0 saturated carbocycles. The fourth-order valence-electron chi connectivity index (χ4n) is 1.84. The fourth-order valence-corrected chi connectivity index (χ4v) is 1.84. The second kappa shape index (κ2) is 8.91. The standard InChI is InChI=1S/C15H19NO6/c17-11(6-7-13(18)15(21)22)9-16-12(14(19)20)8-10-4-2-1-3-5-10/h1-5,12-13,16,18H,6-9H2,(H,19,20)(H,21,22)/t12-,13+/m1/s1. The Morgan fingerprint density at radius 1 is 1.05 bits per heavy atom. The van der Waals surface area contributed by atoms with Crippen LogP contribution in [0.4, 0.5) is 0 Å². The number of benzene rings is 1. The summed E-state index contributed by atoms with van der Waals surface area (Å²) in [5.74, 6) is -2.80. The van der Waals surface area contributed by atoms with E-state index in [1.165, 1.54) is 0 Å². The Balaban J connectivity index is 2.43. The molecule has 7 nitrogen and oxygen atoms in total. The van der Waals surface area contributed by atoms with Crippen molar-refractivity contribution in [2.75, 3.05) is 6.54 Å². The summed E-state index contributed by atoms with van der Waals surface area (Å²) in [5.41, 5.74) is 0.830. The van der Waals surface area contributed by atoms with E-state index in [4.69, 9.17) is 15.3 Å². The van der Waals surface area contributed by atoms with E-state index in [-0.39, 0.29) is 31.6 Å². The Morgan fingerprint density at radius 2 is 1.68 bits per heavy atom. The first-order valence-corrected chi connectivity index (χ1v) is 6.83. The van der Waals surface area contributed by atoms with Gasteiger partial charge in [0.2, 0.25) is 0 Å². The maximum atomic E-state index is 11.6. The van der Waals surface area contributed by atoms with Gasteiger partial charge in [0, 0.05) is 6.42 Å². The van der Waals surface area contributed by atoms with Crippen LogP contribution >= 0.6 is 0 Å². The Hall–Kier alpha value is -2.25. The number of carbonyl (C=O) groups is 3. The maximum absolute atomic E-state index is 11.6. The van der Waals surface area contributed by atoms with E-state index in [9.17, 15) is 14.4 Å². The van der Waals surface area contributed by atoms with Crippen LogP contribution in [0, 0.1) is 0 Å². The van der Waals surface area contributed by atoms with Crippen LogP contribution in [0.15, 0.2) is 30.3 Å². The van der Waals surface area contributed by atoms with Crippen molar-refractivity contribution in [3.05, 3.63) is 35.9 Å². The number of nitrogens with one attached hydrogen (secondary N) is 1. The van der Waals surface area contributed by atoms with E-state index in [1.807, 2.05) is 6.07 Å². The summed E-state index contributed by atoms with van der Waals surface area (Å²) in [5, 5.41) is 29.4. The lowest BCUT2D eigenvalue weighted by Crippen LogP contribution is -2.41. The molecule has 22 heavy (non-hydrogen) atoms. The average Bonchev–Trinajstić information content (AvgIpc) is 2.49. The van der Waals surface area contributed by atoms with Crippen molar-refractivity contribution >= 4 is 17.7 Å². The minimum atomic E-state index is -1.58. The lowest BCUT2D eigenvalue weighted by atomic mass is 10.1. The normalized spacial score (nSPS) is 13.3. The summed E-state index contributed by atoms with van der Waals surface area (Å²) < 4.78 is 0. The summed E-state index contributed by atoms with van der Waals surface area (Å²) in [7, 11) is 0. The molecule has 0 aromatic heterocycles. The van der Waals surface area contributed by atoms with Gasteiger partial charge in [-0.2, -0.15) is 0 Å². The van der Waals surface area contributed by atoms with Crippen LogP contribution in [0.5, 0.6) is 0 Å². The molecule has 0 heterocycles. The van der Waals surface area contributed by atoms with Gasteiger partial charge in [-0.05, 0) is 18.4 Å². The van der Waals surface area contributed by atoms with Crippen LogP contribution in [-0.2, 0) is 20.8 Å². The van der Waals surface area contributed by atoms with Crippen molar-refractivity contribution in [1.82, 2.24) is 5.32 Å². The number of hydrogen-bond donors (Lipinski definition) is 4. The van der Waals surface area contributed by atoms with Crippen LogP contribution in [0.25, 0.3) is 0 Å². The van der Waals surface area contributed by atoms with Gasteiger partial charge in [-0.15, -0.1) is 0 Å². The monoisotopic (exact) mass is 309 g/mol. The highest BCUT2D eigenvalue weighted by Gasteiger charge is 2.19. The van der Waals surface area contributed by atoms with E-state index in [0.29, 0.717) is 0 Å². The van der Waals surface area contributed by atoms with Gasteiger partial charge < -0.3 is 15.3 Å². The molecule has 1 aromatic carbocycles. The number of aliphatic hydroxyl groups excluding tert-OH is 1. The molecule has 0 aliphatic carbocycles. The molecular formula is C15H19NO6. The zero-order valence-corrected chi connectivity index (χ0v) is 11.9. The summed E-state index contributed by atoms with van der Waals surface area (Å²) in [6, 6.07) is 8.10. The average molecular weight is 309 g/mol. The van der Waals surface area contributed by atoms with Gasteiger partial charge in [0.25, 0.3) is 0 Å². The molecule has 0 spiro atoms. The van der Waals surface area contributed by atoms with Crippen molar-refractivity contribution in [2.45, 2.75) is 31.4 Å². The Bertz CT molecular complexity index is 516. The molecule has 0 aliphatic heterocycles. The molecule has 4 N–H and O–H groups in total. The number of hydrogen-bond acceptors (Lipinski definition) is 5. The van der Waals surface area contributed by atoms with Crippen molar-refractivity contribution in [2.24, 2.45) is 0 Å². The first-order chi connectivity index (χ1) is 10.4. The molecule has 2 atom stereocenters. The largest absolute Gasteiger partial charge is 0.480 e. The van der Waals surface area contributed by atoms with Gasteiger partial charge in [-0.25, -0.2) is 4.79 Å². The number of rotatable bonds is 10. The topological polar surface area (TPSA) is 124 Å². The second-order valence-corrected chi connectivity index (χ2v) is 4.89. The predicted octanol–water partition coefficient (Wildman–Crippen LogP) is 0.0667. The summed E-state index contributed by atoms with van der Waals surface area (Å²) in [6.07, 6.45) is -1.66. The molecule has 0 radical (unpaired) electrons. The number of carboxylic acids is 2. The molecule has 0 fully saturated rings. The molecule has 1 aromatic rings. The summed E-state index contributed by atoms with van der Waals surface area (Å²) >= 11 is 0. The number of ketones is 1. The molecule has 0 amide bonds. The van der Waals surface area contributed by atoms with Gasteiger partial charge in [0.15, 0.2) is 6.10 Å². The molecule has 0 unspecified atom stereocenters. The van der Waals surface area contributed by atoms with Crippen LogP contribution in [0.1, 0.15) is 18.4 Å². The van der Waals surface area contributed by atoms with E-state index >= 15 is 0 Å². The molecular weight excluding hydrogens is 290 g/mol. The highest BCUT2D eigenvalue weighted by molar-refractivity contribution is 5.82. The SMILES string of the molecule is O=C(CC[C@H](O)C(=O)O)CN[C@H](Cc1ccccc1)C(=O)O. The van der Waals surface area contributed by atoms with Gasteiger partial charge >= 0.3 is 11.9 Å². The van der Waals surface area contributed by atoms with Crippen molar-refractivity contribution in [1.29, 1.82) is 0 Å². The second-order valence-electron chi connectivity index (χ2n) is 4.89. The first kappa shape index (κ1) is 17.8. The lowest BCUT2D eigenvalue weighted by molar-refractivity contribution is -0.147. The maximum Gasteiger partial charge on any atom is 0.332 e.